The van der Waals surface area contributed by atoms with E-state index in [1.165, 1.54) is 0 Å². The van der Waals surface area contributed by atoms with Gasteiger partial charge in [0.15, 0.2) is 13.3 Å². The van der Waals surface area contributed by atoms with Crippen LogP contribution in [-0.2, 0) is 9.59 Å². The Bertz CT molecular complexity index is 983. The highest BCUT2D eigenvalue weighted by Crippen LogP contribution is 2.28. The lowest BCUT2D eigenvalue weighted by atomic mass is 10.1. The van der Waals surface area contributed by atoms with E-state index in [0.717, 1.165) is 22.9 Å². The van der Waals surface area contributed by atoms with E-state index in [4.69, 9.17) is 0 Å². The van der Waals surface area contributed by atoms with E-state index < -0.39 is 23.4 Å². The third-order valence-electron chi connectivity index (χ3n) is 5.85. The summed E-state index contributed by atoms with van der Waals surface area (Å²) in [6, 6.07) is 14.1. The summed E-state index contributed by atoms with van der Waals surface area (Å²) in [4.78, 5) is 54.6. The van der Waals surface area contributed by atoms with E-state index in [1.807, 2.05) is 12.1 Å². The zero-order chi connectivity index (χ0) is 20.1. The molecule has 2 aromatic carbocycles. The van der Waals surface area contributed by atoms with Crippen molar-refractivity contribution < 1.29 is 29.0 Å². The van der Waals surface area contributed by atoms with Crippen molar-refractivity contribution in [2.45, 2.75) is 0 Å². The van der Waals surface area contributed by atoms with Crippen LogP contribution in [0.15, 0.2) is 48.5 Å². The quantitative estimate of drug-likeness (QED) is 0.596. The Morgan fingerprint density at radius 1 is 0.655 bits per heavy atom. The summed E-state index contributed by atoms with van der Waals surface area (Å²) in [7, 11) is 0. The topological polar surface area (TPSA) is 83.6 Å². The molecule has 29 heavy (non-hydrogen) atoms. The summed E-state index contributed by atoms with van der Waals surface area (Å²) >= 11 is 0. The molecule has 0 aromatic heterocycles. The molecule has 2 amide bonds. The van der Waals surface area contributed by atoms with Crippen molar-refractivity contribution >= 4 is 34.8 Å². The van der Waals surface area contributed by atoms with E-state index in [9.17, 15) is 19.2 Å². The lowest BCUT2D eigenvalue weighted by molar-refractivity contribution is -1.02. The maximum Gasteiger partial charge on any atom is 0.303 e. The molecule has 2 unspecified atom stereocenters. The number of carbonyl (C=O) groups excluding carboxylic acids is 4. The Morgan fingerprint density at radius 3 is 1.52 bits per heavy atom. The number of nitrogens with one attached hydrogen (secondary N) is 2. The molecule has 2 atom stereocenters. The van der Waals surface area contributed by atoms with Crippen LogP contribution < -0.4 is 19.6 Å². The zero-order valence-electron chi connectivity index (χ0n) is 15.7. The van der Waals surface area contributed by atoms with E-state index in [-0.39, 0.29) is 0 Å². The van der Waals surface area contributed by atoms with Gasteiger partial charge in [0, 0.05) is 0 Å². The van der Waals surface area contributed by atoms with Crippen LogP contribution in [0.25, 0.3) is 0 Å². The molecule has 2 aromatic rings. The third kappa shape index (κ3) is 2.76. The first-order valence-corrected chi connectivity index (χ1v) is 9.62. The number of nitrogens with zero attached hydrogens (tertiary/aromatic N) is 2. The highest BCUT2D eigenvalue weighted by atomic mass is 16.2. The zero-order valence-corrected chi connectivity index (χ0v) is 15.7. The number of amides is 2. The first-order chi connectivity index (χ1) is 14.0. The van der Waals surface area contributed by atoms with Crippen LogP contribution in [-0.4, -0.2) is 56.5 Å². The minimum Gasteiger partial charge on any atom is -0.283 e. The van der Waals surface area contributed by atoms with Crippen LogP contribution in [0.2, 0.25) is 0 Å². The van der Waals surface area contributed by atoms with Gasteiger partial charge < -0.3 is 0 Å². The first kappa shape index (κ1) is 17.7. The lowest BCUT2D eigenvalue weighted by Crippen LogP contribution is -3.24. The van der Waals surface area contributed by atoms with Gasteiger partial charge >= 0.3 is 11.8 Å². The molecule has 3 aliphatic rings. The number of hydrogen-bond acceptors (Lipinski definition) is 4. The molecule has 1 saturated heterocycles. The van der Waals surface area contributed by atoms with Crippen LogP contribution in [0.4, 0.5) is 11.4 Å². The second kappa shape index (κ2) is 6.61. The number of benzene rings is 2. The molecule has 3 aliphatic heterocycles. The van der Waals surface area contributed by atoms with Crippen LogP contribution in [0.3, 0.4) is 0 Å². The maximum atomic E-state index is 12.4. The second-order valence-corrected chi connectivity index (χ2v) is 7.65. The van der Waals surface area contributed by atoms with Crippen molar-refractivity contribution in [3.8, 4) is 0 Å². The van der Waals surface area contributed by atoms with Crippen molar-refractivity contribution in [2.75, 3.05) is 42.9 Å². The molecule has 0 radical (unpaired) electrons. The van der Waals surface area contributed by atoms with Gasteiger partial charge in [-0.1, -0.05) is 24.3 Å². The molecular weight excluding hydrogens is 372 g/mol. The molecule has 5 rings (SSSR count). The van der Waals surface area contributed by atoms with Gasteiger partial charge in [-0.25, -0.2) is 0 Å². The molecule has 0 saturated carbocycles. The fourth-order valence-corrected chi connectivity index (χ4v) is 4.41. The highest BCUT2D eigenvalue weighted by molar-refractivity contribution is 6.52. The van der Waals surface area contributed by atoms with E-state index in [0.29, 0.717) is 42.5 Å². The Hall–Kier alpha value is -3.36. The molecule has 8 nitrogen and oxygen atoms in total. The number of Topliss-reactive ketones (excluding diaryl/α,β-unsaturated/α-hetero) is 2. The largest absolute Gasteiger partial charge is 0.303 e. The standard InChI is InChI=1S/C21H18N4O4/c26-18-14-5-1-3-7-16(14)24(20(18)28)12-22-9-10-23(11-22)13-25-17-8-4-2-6-15(17)19(27)21(25)29/h1-8H,9-13H2/p+2. The van der Waals surface area contributed by atoms with Gasteiger partial charge in [-0.05, 0) is 24.3 Å². The van der Waals surface area contributed by atoms with Crippen molar-refractivity contribution in [2.24, 2.45) is 0 Å². The van der Waals surface area contributed by atoms with Gasteiger partial charge in [-0.15, -0.1) is 0 Å². The third-order valence-corrected chi connectivity index (χ3v) is 5.85. The predicted octanol–water partition coefficient (Wildman–Crippen LogP) is -1.90. The molecule has 1 fully saturated rings. The molecule has 3 heterocycles. The number of ketones is 2. The summed E-state index contributed by atoms with van der Waals surface area (Å²) in [5.41, 5.74) is 2.24. The molecule has 0 spiro atoms. The van der Waals surface area contributed by atoms with Crippen molar-refractivity contribution in [1.82, 2.24) is 0 Å². The normalized spacial score (nSPS) is 23.2. The summed E-state index contributed by atoms with van der Waals surface area (Å²) in [6.07, 6.45) is 0. The number of rotatable bonds is 4. The van der Waals surface area contributed by atoms with Crippen molar-refractivity contribution in [3.63, 3.8) is 0 Å². The minimum absolute atomic E-state index is 0.411. The Morgan fingerprint density at radius 2 is 1.07 bits per heavy atom. The number of carbonyl (C=O) groups is 4. The van der Waals surface area contributed by atoms with E-state index >= 15 is 0 Å². The predicted molar refractivity (Wildman–Crippen MR) is 103 cm³/mol. The molecular formula is C21H20N4O4+2. The summed E-state index contributed by atoms with van der Waals surface area (Å²) in [5, 5.41) is 0. The van der Waals surface area contributed by atoms with Crippen molar-refractivity contribution in [3.05, 3.63) is 59.7 Å². The second-order valence-electron chi connectivity index (χ2n) is 7.65. The van der Waals surface area contributed by atoms with E-state index in [2.05, 4.69) is 0 Å². The number of anilines is 2. The van der Waals surface area contributed by atoms with E-state index in [1.54, 1.807) is 46.2 Å². The van der Waals surface area contributed by atoms with Crippen LogP contribution in [0, 0.1) is 0 Å². The van der Waals surface area contributed by atoms with Gasteiger partial charge in [-0.3, -0.25) is 38.8 Å². The summed E-state index contributed by atoms with van der Waals surface area (Å²) in [5.74, 6) is -1.88. The molecule has 2 N–H and O–H groups in total. The van der Waals surface area contributed by atoms with Gasteiger partial charge in [-0.2, -0.15) is 0 Å². The Balaban J connectivity index is 1.27. The van der Waals surface area contributed by atoms with Gasteiger partial charge in [0.25, 0.3) is 11.6 Å². The number of quaternary nitrogens is 2. The maximum absolute atomic E-state index is 12.4. The van der Waals surface area contributed by atoms with Crippen LogP contribution in [0.5, 0.6) is 0 Å². The highest BCUT2D eigenvalue weighted by Gasteiger charge is 2.42. The fourth-order valence-electron chi connectivity index (χ4n) is 4.41. The van der Waals surface area contributed by atoms with Crippen LogP contribution in [0.1, 0.15) is 20.7 Å². The Labute approximate surface area is 166 Å². The van der Waals surface area contributed by atoms with Gasteiger partial charge in [0.1, 0.15) is 13.1 Å². The lowest BCUT2D eigenvalue weighted by Gasteiger charge is -2.22. The SMILES string of the molecule is O=C1C(=O)N(C[NH+]2CC[NH+](CN3C(=O)C(=O)c4ccccc43)C2)c2ccccc21. The molecule has 0 aliphatic carbocycles. The first-order valence-electron chi connectivity index (χ1n) is 9.62. The number of fused-ring (bicyclic) bond motifs is 2. The summed E-state index contributed by atoms with van der Waals surface area (Å²) in [6.45, 7) is 3.14. The number of hydrogen-bond donors (Lipinski definition) is 2. The molecule has 8 heteroatoms. The minimum atomic E-state index is -0.485. The van der Waals surface area contributed by atoms with Crippen LogP contribution >= 0.6 is 0 Å². The van der Waals surface area contributed by atoms with Gasteiger partial charge in [0.2, 0.25) is 6.67 Å². The van der Waals surface area contributed by atoms with Gasteiger partial charge in [0.05, 0.1) is 22.5 Å². The fraction of sp³-hybridized carbons (Fsp3) is 0.238. The Kier molecular flexibility index (Phi) is 4.04. The average Bonchev–Trinajstić information content (AvgIpc) is 3.36. The smallest absolute Gasteiger partial charge is 0.283 e. The number of para-hydroxylation sites is 2. The molecule has 0 bridgehead atoms. The monoisotopic (exact) mass is 392 g/mol. The summed E-state index contributed by atoms with van der Waals surface area (Å²) < 4.78 is 0. The van der Waals surface area contributed by atoms with Crippen molar-refractivity contribution in [1.29, 1.82) is 0 Å². The average molecular weight is 392 g/mol. The molecule has 146 valence electrons.